The van der Waals surface area contributed by atoms with Crippen LogP contribution in [-0.2, 0) is 9.59 Å². The fourth-order valence-electron chi connectivity index (χ4n) is 2.09. The Morgan fingerprint density at radius 3 is 1.94 bits per heavy atom. The van der Waals surface area contributed by atoms with Crippen molar-refractivity contribution in [2.75, 3.05) is 0 Å². The molecule has 1 aliphatic carbocycles. The van der Waals surface area contributed by atoms with E-state index < -0.39 is 16.4 Å². The number of hydrogen-bond acceptors (Lipinski definition) is 2. The molecule has 1 fully saturated rings. The highest BCUT2D eigenvalue weighted by atomic mass is 16.2. The molecule has 0 spiro atoms. The summed E-state index contributed by atoms with van der Waals surface area (Å²) in [6, 6.07) is 0. The first-order chi connectivity index (χ1) is 7.95. The summed E-state index contributed by atoms with van der Waals surface area (Å²) in [4.78, 5) is 24.6. The van der Waals surface area contributed by atoms with Gasteiger partial charge in [0.1, 0.15) is 5.54 Å². The molecule has 3 heteroatoms. The summed E-state index contributed by atoms with van der Waals surface area (Å²) in [6.07, 6.45) is 2.45. The molecule has 0 saturated heterocycles. The normalized spacial score (nSPS) is 27.6. The molecule has 0 aromatic rings. The van der Waals surface area contributed by atoms with Gasteiger partial charge in [-0.2, -0.15) is 0 Å². The monoisotopic (exact) mass is 251 g/mol. The van der Waals surface area contributed by atoms with E-state index in [1.165, 1.54) is 0 Å². The van der Waals surface area contributed by atoms with E-state index >= 15 is 0 Å². The van der Waals surface area contributed by atoms with Crippen molar-refractivity contribution < 1.29 is 9.59 Å². The van der Waals surface area contributed by atoms with Crippen LogP contribution in [0.3, 0.4) is 0 Å². The molecule has 1 rings (SSSR count). The number of nitrogens with one attached hydrogen (secondary N) is 1. The third-order valence-electron chi connectivity index (χ3n) is 3.40. The van der Waals surface area contributed by atoms with Gasteiger partial charge in [0.05, 0.1) is 0 Å². The topological polar surface area (TPSA) is 46.2 Å². The Balaban J connectivity index is 2.96. The summed E-state index contributed by atoms with van der Waals surface area (Å²) in [5, 5.41) is 2.95. The highest BCUT2D eigenvalue weighted by Crippen LogP contribution is 2.49. The highest BCUT2D eigenvalue weighted by molar-refractivity contribution is 6.00. The van der Waals surface area contributed by atoms with Gasteiger partial charge in [-0.15, -0.1) is 6.58 Å². The Kier molecular flexibility index (Phi) is 3.50. The quantitative estimate of drug-likeness (QED) is 0.784. The van der Waals surface area contributed by atoms with E-state index in [0.29, 0.717) is 6.42 Å². The summed E-state index contributed by atoms with van der Waals surface area (Å²) >= 11 is 0. The lowest BCUT2D eigenvalue weighted by atomic mass is 9.83. The third kappa shape index (κ3) is 2.65. The second kappa shape index (κ2) is 4.22. The number of ketones is 1. The summed E-state index contributed by atoms with van der Waals surface area (Å²) in [5.74, 6) is 0.0810. The first-order valence-electron chi connectivity index (χ1n) is 6.45. The van der Waals surface area contributed by atoms with Crippen LogP contribution in [0.5, 0.6) is 0 Å². The average Bonchev–Trinajstić information content (AvgIpc) is 2.88. The number of Topliss-reactive ketones (excluding diaryl/α,β-unsaturated/α-hetero) is 1. The molecule has 0 heterocycles. The molecule has 0 aromatic heterocycles. The van der Waals surface area contributed by atoms with Crippen LogP contribution in [0.25, 0.3) is 0 Å². The number of carbonyl (C=O) groups excluding carboxylic acids is 2. The first kappa shape index (κ1) is 14.9. The Morgan fingerprint density at radius 1 is 1.17 bits per heavy atom. The van der Waals surface area contributed by atoms with Crippen LogP contribution in [0.15, 0.2) is 12.7 Å². The van der Waals surface area contributed by atoms with E-state index in [2.05, 4.69) is 11.9 Å². The van der Waals surface area contributed by atoms with Gasteiger partial charge in [0.25, 0.3) is 0 Å². The standard InChI is InChI=1S/C15H25NO2/c1-8-10-9-15(10,11(17)13(2,3)4)16-12(18)14(5,6)7/h8,10H,1,9H2,2-7H3,(H,16,18)/t10-,15+/m0/s1. The second-order valence-corrected chi connectivity index (χ2v) is 7.30. The Hall–Kier alpha value is -1.12. The summed E-state index contributed by atoms with van der Waals surface area (Å²) < 4.78 is 0. The number of hydrogen-bond donors (Lipinski definition) is 1. The molecule has 102 valence electrons. The molecule has 2 atom stereocenters. The molecule has 0 unspecified atom stereocenters. The average molecular weight is 251 g/mol. The van der Waals surface area contributed by atoms with Crippen molar-refractivity contribution in [1.29, 1.82) is 0 Å². The molecule has 18 heavy (non-hydrogen) atoms. The fourth-order valence-corrected chi connectivity index (χ4v) is 2.09. The van der Waals surface area contributed by atoms with Gasteiger partial charge in [-0.3, -0.25) is 9.59 Å². The van der Waals surface area contributed by atoms with E-state index in [1.807, 2.05) is 41.5 Å². The highest BCUT2D eigenvalue weighted by Gasteiger charge is 2.61. The smallest absolute Gasteiger partial charge is 0.226 e. The minimum Gasteiger partial charge on any atom is -0.342 e. The molecule has 0 aliphatic heterocycles. The largest absolute Gasteiger partial charge is 0.342 e. The van der Waals surface area contributed by atoms with Gasteiger partial charge in [-0.1, -0.05) is 47.6 Å². The van der Waals surface area contributed by atoms with Crippen molar-refractivity contribution in [2.45, 2.75) is 53.5 Å². The van der Waals surface area contributed by atoms with Crippen LogP contribution in [0.1, 0.15) is 48.0 Å². The van der Waals surface area contributed by atoms with Gasteiger partial charge in [-0.05, 0) is 6.42 Å². The zero-order chi connectivity index (χ0) is 14.4. The van der Waals surface area contributed by atoms with Crippen molar-refractivity contribution >= 4 is 11.7 Å². The van der Waals surface area contributed by atoms with Crippen molar-refractivity contribution in [1.82, 2.24) is 5.32 Å². The molecule has 0 aromatic carbocycles. The number of amides is 1. The minimum absolute atomic E-state index is 0.0653. The minimum atomic E-state index is -0.718. The van der Waals surface area contributed by atoms with E-state index in [-0.39, 0.29) is 17.6 Å². The van der Waals surface area contributed by atoms with E-state index in [1.54, 1.807) is 6.08 Å². The lowest BCUT2D eigenvalue weighted by Gasteiger charge is -2.29. The molecule has 0 bridgehead atoms. The van der Waals surface area contributed by atoms with Gasteiger partial charge < -0.3 is 5.32 Å². The van der Waals surface area contributed by atoms with Gasteiger partial charge in [0.2, 0.25) is 5.91 Å². The first-order valence-corrected chi connectivity index (χ1v) is 6.45. The second-order valence-electron chi connectivity index (χ2n) is 7.30. The lowest BCUT2D eigenvalue weighted by molar-refractivity contribution is -0.137. The zero-order valence-electron chi connectivity index (χ0n) is 12.4. The molecule has 3 nitrogen and oxygen atoms in total. The van der Waals surface area contributed by atoms with Gasteiger partial charge in [0.15, 0.2) is 5.78 Å². The zero-order valence-corrected chi connectivity index (χ0v) is 12.4. The van der Waals surface area contributed by atoms with Gasteiger partial charge >= 0.3 is 0 Å². The van der Waals surface area contributed by atoms with Crippen LogP contribution in [-0.4, -0.2) is 17.2 Å². The van der Waals surface area contributed by atoms with Crippen LogP contribution >= 0.6 is 0 Å². The predicted molar refractivity (Wildman–Crippen MR) is 73.1 cm³/mol. The third-order valence-corrected chi connectivity index (χ3v) is 3.40. The van der Waals surface area contributed by atoms with Crippen LogP contribution in [0.2, 0.25) is 0 Å². The molecule has 0 radical (unpaired) electrons. The molecule has 1 saturated carbocycles. The summed E-state index contributed by atoms with van der Waals surface area (Å²) in [6.45, 7) is 15.0. The van der Waals surface area contributed by atoms with Gasteiger partial charge in [-0.25, -0.2) is 0 Å². The Bertz CT molecular complexity index is 384. The molecule has 1 aliphatic rings. The summed E-state index contributed by atoms with van der Waals surface area (Å²) in [7, 11) is 0. The predicted octanol–water partition coefficient (Wildman–Crippen LogP) is 2.71. The molecular formula is C15H25NO2. The SMILES string of the molecule is C=C[C@H]1C[C@]1(NC(=O)C(C)(C)C)C(=O)C(C)(C)C. The lowest BCUT2D eigenvalue weighted by Crippen LogP contribution is -2.52. The van der Waals surface area contributed by atoms with E-state index in [9.17, 15) is 9.59 Å². The Labute approximate surface area is 110 Å². The van der Waals surface area contributed by atoms with Gasteiger partial charge in [0, 0.05) is 16.7 Å². The van der Waals surface area contributed by atoms with Crippen molar-refractivity contribution in [3.8, 4) is 0 Å². The fraction of sp³-hybridized carbons (Fsp3) is 0.733. The van der Waals surface area contributed by atoms with Crippen LogP contribution in [0, 0.1) is 16.7 Å². The van der Waals surface area contributed by atoms with Crippen molar-refractivity contribution in [2.24, 2.45) is 16.7 Å². The van der Waals surface area contributed by atoms with Crippen molar-refractivity contribution in [3.63, 3.8) is 0 Å². The van der Waals surface area contributed by atoms with Crippen LogP contribution in [0.4, 0.5) is 0 Å². The van der Waals surface area contributed by atoms with Crippen molar-refractivity contribution in [3.05, 3.63) is 12.7 Å². The number of carbonyl (C=O) groups is 2. The number of rotatable bonds is 3. The Morgan fingerprint density at radius 2 is 1.67 bits per heavy atom. The van der Waals surface area contributed by atoms with E-state index in [0.717, 1.165) is 0 Å². The van der Waals surface area contributed by atoms with Crippen LogP contribution < -0.4 is 5.32 Å². The maximum atomic E-state index is 12.5. The molecular weight excluding hydrogens is 226 g/mol. The molecule has 1 N–H and O–H groups in total. The molecule has 1 amide bonds. The van der Waals surface area contributed by atoms with E-state index in [4.69, 9.17) is 0 Å². The maximum absolute atomic E-state index is 12.5. The maximum Gasteiger partial charge on any atom is 0.226 e. The summed E-state index contributed by atoms with van der Waals surface area (Å²) in [5.41, 5.74) is -1.66.